The van der Waals surface area contributed by atoms with E-state index in [1.807, 2.05) is 0 Å². The molecule has 0 aromatic carbocycles. The summed E-state index contributed by atoms with van der Waals surface area (Å²) < 4.78 is 10.5. The van der Waals surface area contributed by atoms with Gasteiger partial charge in [0.1, 0.15) is 17.5 Å². The molecule has 1 aliphatic heterocycles. The lowest BCUT2D eigenvalue weighted by Crippen LogP contribution is -2.46. The number of carbonyl (C=O) groups excluding carboxylic acids is 1. The summed E-state index contributed by atoms with van der Waals surface area (Å²) in [5.74, 6) is -0.0481. The number of nitrogens with one attached hydrogen (secondary N) is 2. The molecule has 9 nitrogen and oxygen atoms in total. The highest BCUT2D eigenvalue weighted by atomic mass is 16.6. The average Bonchev–Trinajstić information content (AvgIpc) is 2.76. The molecule has 3 N–H and O–H groups in total. The molecule has 2 heterocycles. The number of alkyl carbamates (subject to hydrolysis) is 1. The lowest BCUT2D eigenvalue weighted by atomic mass is 10.0. The van der Waals surface area contributed by atoms with Crippen LogP contribution in [0.15, 0.2) is 12.1 Å². The van der Waals surface area contributed by atoms with Crippen molar-refractivity contribution in [3.05, 3.63) is 23.4 Å². The Hall–Kier alpha value is -2.39. The summed E-state index contributed by atoms with van der Waals surface area (Å²) in [6.07, 6.45) is 4.63. The predicted molar refractivity (Wildman–Crippen MR) is 132 cm³/mol. The third kappa shape index (κ3) is 9.85. The SMILES string of the molecule is COCCN(CC[C@H](NC(=O)OC(C)(C)C)C(=O)O)C(C)CCCc1ccc2c(n1)NCCC2. The molecular weight excluding hydrogens is 436 g/mol. The topological polar surface area (TPSA) is 113 Å². The predicted octanol–water partition coefficient (Wildman–Crippen LogP) is 3.47. The molecule has 0 spiro atoms. The van der Waals surface area contributed by atoms with Gasteiger partial charge in [0.2, 0.25) is 0 Å². The van der Waals surface area contributed by atoms with Crippen LogP contribution >= 0.6 is 0 Å². The third-order valence-electron chi connectivity index (χ3n) is 5.91. The second kappa shape index (κ2) is 13.5. The summed E-state index contributed by atoms with van der Waals surface area (Å²) in [5.41, 5.74) is 1.70. The number of rotatable bonds is 13. The van der Waals surface area contributed by atoms with Gasteiger partial charge in [0.25, 0.3) is 0 Å². The van der Waals surface area contributed by atoms with Gasteiger partial charge in [-0.1, -0.05) is 6.07 Å². The molecule has 1 aromatic heterocycles. The van der Waals surface area contributed by atoms with Crippen LogP contribution in [-0.4, -0.2) is 78.1 Å². The van der Waals surface area contributed by atoms with Crippen LogP contribution in [0, 0.1) is 0 Å². The summed E-state index contributed by atoms with van der Waals surface area (Å²) in [5, 5.41) is 15.4. The fourth-order valence-corrected chi connectivity index (χ4v) is 4.03. The number of aliphatic carboxylic acids is 1. The van der Waals surface area contributed by atoms with Crippen molar-refractivity contribution in [2.45, 2.75) is 83.9 Å². The summed E-state index contributed by atoms with van der Waals surface area (Å²) in [4.78, 5) is 30.7. The van der Waals surface area contributed by atoms with Gasteiger partial charge in [0.05, 0.1) is 6.61 Å². The monoisotopic (exact) mass is 478 g/mol. The molecule has 192 valence electrons. The number of aryl methyl sites for hydroxylation is 2. The van der Waals surface area contributed by atoms with Gasteiger partial charge in [-0.05, 0) is 77.8 Å². The molecule has 1 unspecified atom stereocenters. The van der Waals surface area contributed by atoms with E-state index < -0.39 is 23.7 Å². The number of pyridine rings is 1. The van der Waals surface area contributed by atoms with Gasteiger partial charge in [0, 0.05) is 38.5 Å². The van der Waals surface area contributed by atoms with E-state index in [0.717, 1.165) is 50.2 Å². The second-order valence-electron chi connectivity index (χ2n) is 9.94. The molecule has 2 rings (SSSR count). The number of anilines is 1. The van der Waals surface area contributed by atoms with E-state index in [9.17, 15) is 14.7 Å². The molecule has 1 aromatic rings. The van der Waals surface area contributed by atoms with Crippen molar-refractivity contribution in [1.82, 2.24) is 15.2 Å². The van der Waals surface area contributed by atoms with Crippen molar-refractivity contribution in [3.8, 4) is 0 Å². The van der Waals surface area contributed by atoms with E-state index in [1.165, 1.54) is 5.56 Å². The Morgan fingerprint density at radius 2 is 2.03 bits per heavy atom. The fraction of sp³-hybridized carbons (Fsp3) is 0.720. The first-order valence-corrected chi connectivity index (χ1v) is 12.3. The number of aromatic nitrogens is 1. The van der Waals surface area contributed by atoms with Crippen molar-refractivity contribution in [2.24, 2.45) is 0 Å². The van der Waals surface area contributed by atoms with Crippen LogP contribution in [0.1, 0.15) is 64.6 Å². The van der Waals surface area contributed by atoms with Crippen LogP contribution in [0.3, 0.4) is 0 Å². The maximum atomic E-state index is 12.0. The number of hydrogen-bond acceptors (Lipinski definition) is 7. The fourth-order valence-electron chi connectivity index (χ4n) is 4.03. The molecule has 9 heteroatoms. The van der Waals surface area contributed by atoms with Gasteiger partial charge >= 0.3 is 12.1 Å². The highest BCUT2D eigenvalue weighted by Crippen LogP contribution is 2.21. The Labute approximate surface area is 203 Å². The summed E-state index contributed by atoms with van der Waals surface area (Å²) in [7, 11) is 1.66. The van der Waals surface area contributed by atoms with Crippen LogP contribution in [-0.2, 0) is 27.1 Å². The summed E-state index contributed by atoms with van der Waals surface area (Å²) in [6.45, 7) is 10.1. The number of methoxy groups -OCH3 is 1. The smallest absolute Gasteiger partial charge is 0.408 e. The molecule has 1 aliphatic rings. The molecule has 0 aliphatic carbocycles. The van der Waals surface area contributed by atoms with Crippen molar-refractivity contribution in [2.75, 3.05) is 38.7 Å². The first kappa shape index (κ1) is 27.9. The maximum Gasteiger partial charge on any atom is 0.408 e. The number of ether oxygens (including phenoxy) is 2. The normalized spacial score (nSPS) is 15.2. The largest absolute Gasteiger partial charge is 0.480 e. The van der Waals surface area contributed by atoms with E-state index in [1.54, 1.807) is 27.9 Å². The first-order valence-electron chi connectivity index (χ1n) is 12.3. The minimum Gasteiger partial charge on any atom is -0.480 e. The summed E-state index contributed by atoms with van der Waals surface area (Å²) >= 11 is 0. The van der Waals surface area contributed by atoms with Gasteiger partial charge in [-0.25, -0.2) is 14.6 Å². The molecule has 1 amide bonds. The van der Waals surface area contributed by atoms with Crippen LogP contribution in [0.25, 0.3) is 0 Å². The molecule has 2 atom stereocenters. The van der Waals surface area contributed by atoms with Crippen LogP contribution < -0.4 is 10.6 Å². The number of carboxylic acids is 1. The van der Waals surface area contributed by atoms with E-state index in [-0.39, 0.29) is 12.5 Å². The molecule has 34 heavy (non-hydrogen) atoms. The van der Waals surface area contributed by atoms with Gasteiger partial charge in [-0.2, -0.15) is 0 Å². The quantitative estimate of drug-likeness (QED) is 0.395. The zero-order valence-corrected chi connectivity index (χ0v) is 21.4. The van der Waals surface area contributed by atoms with Crippen LogP contribution in [0.2, 0.25) is 0 Å². The number of amides is 1. The van der Waals surface area contributed by atoms with Crippen molar-refractivity contribution < 1.29 is 24.2 Å². The second-order valence-corrected chi connectivity index (χ2v) is 9.94. The van der Waals surface area contributed by atoms with Crippen LogP contribution in [0.4, 0.5) is 10.6 Å². The molecule has 0 radical (unpaired) electrons. The Balaban J connectivity index is 1.87. The van der Waals surface area contributed by atoms with Gasteiger partial charge in [-0.3, -0.25) is 4.90 Å². The number of hydrogen-bond donors (Lipinski definition) is 3. The Morgan fingerprint density at radius 3 is 2.71 bits per heavy atom. The van der Waals surface area contributed by atoms with Crippen molar-refractivity contribution in [3.63, 3.8) is 0 Å². The number of carbonyl (C=O) groups is 2. The molecule has 0 saturated heterocycles. The van der Waals surface area contributed by atoms with Gasteiger partial charge < -0.3 is 25.2 Å². The Morgan fingerprint density at radius 1 is 1.26 bits per heavy atom. The third-order valence-corrected chi connectivity index (χ3v) is 5.91. The highest BCUT2D eigenvalue weighted by molar-refractivity contribution is 5.80. The Kier molecular flexibility index (Phi) is 11.0. The lowest BCUT2D eigenvalue weighted by Gasteiger charge is -2.30. The van der Waals surface area contributed by atoms with Gasteiger partial charge in [-0.15, -0.1) is 0 Å². The molecular formula is C25H42N4O5. The highest BCUT2D eigenvalue weighted by Gasteiger charge is 2.25. The zero-order chi connectivity index (χ0) is 25.1. The first-order chi connectivity index (χ1) is 16.1. The van der Waals surface area contributed by atoms with Crippen molar-refractivity contribution >= 4 is 17.9 Å². The minimum atomic E-state index is -1.07. The molecule has 0 saturated carbocycles. The summed E-state index contributed by atoms with van der Waals surface area (Å²) in [6, 6.07) is 3.53. The number of fused-ring (bicyclic) bond motifs is 1. The lowest BCUT2D eigenvalue weighted by molar-refractivity contribution is -0.139. The van der Waals surface area contributed by atoms with Crippen LogP contribution in [0.5, 0.6) is 0 Å². The number of carboxylic acid groups (broad SMARTS) is 1. The Bertz CT molecular complexity index is 796. The zero-order valence-electron chi connectivity index (χ0n) is 21.4. The van der Waals surface area contributed by atoms with E-state index in [0.29, 0.717) is 19.7 Å². The number of nitrogens with zero attached hydrogens (tertiary/aromatic N) is 2. The molecule has 0 bridgehead atoms. The van der Waals surface area contributed by atoms with Crippen molar-refractivity contribution in [1.29, 1.82) is 0 Å². The standard InChI is InChI=1S/C25H42N4O5/c1-18(8-6-10-20-12-11-19-9-7-14-26-22(19)27-20)29(16-17-33-5)15-13-21(23(30)31)28-24(32)34-25(2,3)4/h11-12,18,21H,6-10,13-17H2,1-5H3,(H,26,27)(H,28,32)(H,30,31)/t18?,21-/m0/s1. The maximum absolute atomic E-state index is 12.0. The van der Waals surface area contributed by atoms with Gasteiger partial charge in [0.15, 0.2) is 0 Å². The molecule has 0 fully saturated rings. The minimum absolute atomic E-state index is 0.238. The average molecular weight is 479 g/mol. The van der Waals surface area contributed by atoms with E-state index in [4.69, 9.17) is 14.5 Å². The van der Waals surface area contributed by atoms with E-state index in [2.05, 4.69) is 34.6 Å². The van der Waals surface area contributed by atoms with E-state index >= 15 is 0 Å².